The van der Waals surface area contributed by atoms with Crippen molar-refractivity contribution in [1.29, 1.82) is 0 Å². The van der Waals surface area contributed by atoms with Crippen LogP contribution in [0.4, 0.5) is 0 Å². The number of imidazole rings is 1. The summed E-state index contributed by atoms with van der Waals surface area (Å²) in [5.74, 6) is 2.47. The van der Waals surface area contributed by atoms with Gasteiger partial charge in [-0.2, -0.15) is 5.10 Å². The maximum atomic E-state index is 5.98. The van der Waals surface area contributed by atoms with Gasteiger partial charge in [-0.15, -0.1) is 11.6 Å². The Hall–Kier alpha value is -1.03. The Labute approximate surface area is 125 Å². The van der Waals surface area contributed by atoms with Gasteiger partial charge in [0.1, 0.15) is 11.3 Å². The van der Waals surface area contributed by atoms with E-state index in [-0.39, 0.29) is 0 Å². The molecule has 5 heteroatoms. The quantitative estimate of drug-likeness (QED) is 0.809. The van der Waals surface area contributed by atoms with Gasteiger partial charge in [0, 0.05) is 25.4 Å². The number of alkyl halides is 1. The van der Waals surface area contributed by atoms with E-state index in [9.17, 15) is 0 Å². The van der Waals surface area contributed by atoms with Crippen LogP contribution in [0.15, 0.2) is 0 Å². The summed E-state index contributed by atoms with van der Waals surface area (Å²) in [6.45, 7) is 4.49. The predicted octanol–water partition coefficient (Wildman–Crippen LogP) is 3.47. The molecular weight excluding hydrogens is 272 g/mol. The first-order chi connectivity index (χ1) is 9.67. The SMILES string of the molecule is CCc1nn(C)c2c1nc(CCCl)n2C1CCCC1C. The minimum Gasteiger partial charge on any atom is -0.309 e. The monoisotopic (exact) mass is 294 g/mol. The Morgan fingerprint density at radius 2 is 2.15 bits per heavy atom. The normalized spacial score (nSPS) is 23.0. The number of halogens is 1. The van der Waals surface area contributed by atoms with E-state index < -0.39 is 0 Å². The van der Waals surface area contributed by atoms with E-state index in [1.807, 2.05) is 11.7 Å². The summed E-state index contributed by atoms with van der Waals surface area (Å²) in [6.07, 6.45) is 5.62. The molecule has 1 fully saturated rings. The van der Waals surface area contributed by atoms with Crippen molar-refractivity contribution in [3.63, 3.8) is 0 Å². The molecule has 20 heavy (non-hydrogen) atoms. The molecule has 2 aromatic rings. The lowest BCUT2D eigenvalue weighted by Gasteiger charge is -2.20. The molecule has 1 saturated carbocycles. The molecule has 0 amide bonds. The first-order valence-corrected chi connectivity index (χ1v) is 8.19. The molecule has 2 unspecified atom stereocenters. The zero-order valence-corrected chi connectivity index (χ0v) is 13.3. The highest BCUT2D eigenvalue weighted by Crippen LogP contribution is 2.38. The van der Waals surface area contributed by atoms with Gasteiger partial charge < -0.3 is 4.57 Å². The molecule has 1 aliphatic rings. The summed E-state index contributed by atoms with van der Waals surface area (Å²) in [5.41, 5.74) is 3.36. The molecule has 0 radical (unpaired) electrons. The minimum absolute atomic E-state index is 0.554. The standard InChI is InChI=1S/C15H23ClN4/c1-4-11-14-15(19(3)18-11)20(13(17-14)8-9-16)12-7-5-6-10(12)2/h10,12H,4-9H2,1-3H3. The van der Waals surface area contributed by atoms with Crippen molar-refractivity contribution >= 4 is 22.8 Å². The average Bonchev–Trinajstić information content (AvgIpc) is 3.07. The van der Waals surface area contributed by atoms with Gasteiger partial charge >= 0.3 is 0 Å². The van der Waals surface area contributed by atoms with Gasteiger partial charge in [0.25, 0.3) is 0 Å². The van der Waals surface area contributed by atoms with Crippen molar-refractivity contribution in [2.75, 3.05) is 5.88 Å². The highest BCUT2D eigenvalue weighted by molar-refractivity contribution is 6.17. The Morgan fingerprint density at radius 1 is 1.35 bits per heavy atom. The van der Waals surface area contributed by atoms with E-state index in [0.29, 0.717) is 17.8 Å². The molecular formula is C15H23ClN4. The number of nitrogens with zero attached hydrogens (tertiary/aromatic N) is 4. The molecule has 0 aromatic carbocycles. The first-order valence-electron chi connectivity index (χ1n) is 7.66. The maximum absolute atomic E-state index is 5.98. The first kappa shape index (κ1) is 13.9. The van der Waals surface area contributed by atoms with Crippen molar-refractivity contribution in [3.05, 3.63) is 11.5 Å². The van der Waals surface area contributed by atoms with E-state index in [0.717, 1.165) is 29.9 Å². The Kier molecular flexibility index (Phi) is 3.76. The van der Waals surface area contributed by atoms with E-state index in [4.69, 9.17) is 16.6 Å². The van der Waals surface area contributed by atoms with Crippen LogP contribution >= 0.6 is 11.6 Å². The molecule has 0 saturated heterocycles. The number of aryl methyl sites for hydroxylation is 3. The van der Waals surface area contributed by atoms with Crippen LogP contribution in [0.25, 0.3) is 11.2 Å². The average molecular weight is 295 g/mol. The number of fused-ring (bicyclic) bond motifs is 1. The van der Waals surface area contributed by atoms with Gasteiger partial charge in [0.15, 0.2) is 5.65 Å². The van der Waals surface area contributed by atoms with Crippen molar-refractivity contribution in [2.24, 2.45) is 13.0 Å². The van der Waals surface area contributed by atoms with Gasteiger partial charge in [-0.1, -0.05) is 20.3 Å². The topological polar surface area (TPSA) is 35.6 Å². The second-order valence-corrected chi connectivity index (χ2v) is 6.29. The summed E-state index contributed by atoms with van der Waals surface area (Å²) < 4.78 is 4.44. The molecule has 3 rings (SSSR count). The highest BCUT2D eigenvalue weighted by Gasteiger charge is 2.30. The van der Waals surface area contributed by atoms with E-state index in [1.54, 1.807) is 0 Å². The Bertz CT molecular complexity index is 613. The lowest BCUT2D eigenvalue weighted by molar-refractivity contribution is 0.401. The molecule has 1 aliphatic carbocycles. The lowest BCUT2D eigenvalue weighted by Crippen LogP contribution is -2.17. The summed E-state index contributed by atoms with van der Waals surface area (Å²) in [4.78, 5) is 4.87. The third-order valence-electron chi connectivity index (χ3n) is 4.61. The third kappa shape index (κ3) is 2.05. The second-order valence-electron chi connectivity index (χ2n) is 5.91. The number of rotatable bonds is 4. The summed E-state index contributed by atoms with van der Waals surface area (Å²) >= 11 is 5.98. The zero-order chi connectivity index (χ0) is 14.3. The predicted molar refractivity (Wildman–Crippen MR) is 82.4 cm³/mol. The molecule has 110 valence electrons. The molecule has 0 N–H and O–H groups in total. The van der Waals surface area contributed by atoms with E-state index in [2.05, 4.69) is 23.5 Å². The fourth-order valence-electron chi connectivity index (χ4n) is 3.60. The lowest BCUT2D eigenvalue weighted by atomic mass is 10.1. The van der Waals surface area contributed by atoms with Crippen molar-refractivity contribution < 1.29 is 0 Å². The molecule has 0 aliphatic heterocycles. The van der Waals surface area contributed by atoms with Crippen molar-refractivity contribution in [1.82, 2.24) is 19.3 Å². The smallest absolute Gasteiger partial charge is 0.158 e. The molecule has 0 bridgehead atoms. The van der Waals surface area contributed by atoms with Crippen LogP contribution in [0.1, 0.15) is 50.7 Å². The van der Waals surface area contributed by atoms with Crippen molar-refractivity contribution in [3.8, 4) is 0 Å². The van der Waals surface area contributed by atoms with Crippen LogP contribution in [0.2, 0.25) is 0 Å². The molecule has 2 aromatic heterocycles. The zero-order valence-electron chi connectivity index (χ0n) is 12.6. The third-order valence-corrected chi connectivity index (χ3v) is 4.80. The Morgan fingerprint density at radius 3 is 2.75 bits per heavy atom. The van der Waals surface area contributed by atoms with Crippen LogP contribution in [0.3, 0.4) is 0 Å². The fraction of sp³-hybridized carbons (Fsp3) is 0.733. The van der Waals surface area contributed by atoms with Crippen LogP contribution in [0.5, 0.6) is 0 Å². The molecule has 2 atom stereocenters. The van der Waals surface area contributed by atoms with Crippen LogP contribution < -0.4 is 0 Å². The number of aromatic nitrogens is 4. The van der Waals surface area contributed by atoms with Gasteiger partial charge in [0.2, 0.25) is 0 Å². The van der Waals surface area contributed by atoms with E-state index in [1.165, 1.54) is 24.9 Å². The maximum Gasteiger partial charge on any atom is 0.158 e. The molecule has 0 spiro atoms. The van der Waals surface area contributed by atoms with Crippen LogP contribution in [0, 0.1) is 5.92 Å². The summed E-state index contributed by atoms with van der Waals surface area (Å²) in [5, 5.41) is 4.63. The second kappa shape index (κ2) is 5.40. The highest BCUT2D eigenvalue weighted by atomic mass is 35.5. The van der Waals surface area contributed by atoms with Crippen LogP contribution in [-0.4, -0.2) is 25.2 Å². The minimum atomic E-state index is 0.554. The summed E-state index contributed by atoms with van der Waals surface area (Å²) in [6, 6.07) is 0.554. The van der Waals surface area contributed by atoms with Gasteiger partial charge in [-0.25, -0.2) is 4.98 Å². The van der Waals surface area contributed by atoms with Crippen LogP contribution in [-0.2, 0) is 19.9 Å². The number of hydrogen-bond acceptors (Lipinski definition) is 2. The Balaban J connectivity index is 2.20. The fourth-order valence-corrected chi connectivity index (χ4v) is 3.77. The van der Waals surface area contributed by atoms with Gasteiger partial charge in [-0.3, -0.25) is 4.68 Å². The van der Waals surface area contributed by atoms with Crippen molar-refractivity contribution in [2.45, 2.75) is 52.0 Å². The summed E-state index contributed by atoms with van der Waals surface area (Å²) in [7, 11) is 2.03. The molecule has 4 nitrogen and oxygen atoms in total. The molecule has 2 heterocycles. The number of hydrogen-bond donors (Lipinski definition) is 0. The largest absolute Gasteiger partial charge is 0.309 e. The van der Waals surface area contributed by atoms with Gasteiger partial charge in [-0.05, 0) is 25.2 Å². The van der Waals surface area contributed by atoms with Gasteiger partial charge in [0.05, 0.1) is 5.69 Å². The van der Waals surface area contributed by atoms with E-state index >= 15 is 0 Å².